The SMILES string of the molecule is COc1c(C)c(C)c2c(c1C)CCN2. The summed E-state index contributed by atoms with van der Waals surface area (Å²) in [5.74, 6) is 1.06. The van der Waals surface area contributed by atoms with Crippen molar-refractivity contribution in [3.63, 3.8) is 0 Å². The maximum atomic E-state index is 5.45. The van der Waals surface area contributed by atoms with Crippen LogP contribution in [-0.4, -0.2) is 13.7 Å². The van der Waals surface area contributed by atoms with Gasteiger partial charge in [0.1, 0.15) is 5.75 Å². The predicted molar refractivity (Wildman–Crippen MR) is 59.4 cm³/mol. The monoisotopic (exact) mass is 191 g/mol. The highest BCUT2D eigenvalue weighted by molar-refractivity contribution is 5.69. The number of ether oxygens (including phenoxy) is 1. The van der Waals surface area contributed by atoms with Crippen LogP contribution >= 0.6 is 0 Å². The fourth-order valence-electron chi connectivity index (χ4n) is 2.36. The summed E-state index contributed by atoms with van der Waals surface area (Å²) in [6.45, 7) is 7.50. The first-order valence-electron chi connectivity index (χ1n) is 5.07. The quantitative estimate of drug-likeness (QED) is 0.736. The van der Waals surface area contributed by atoms with Gasteiger partial charge in [-0.25, -0.2) is 0 Å². The van der Waals surface area contributed by atoms with Gasteiger partial charge >= 0.3 is 0 Å². The lowest BCUT2D eigenvalue weighted by molar-refractivity contribution is 0.408. The first-order chi connectivity index (χ1) is 6.66. The Balaban J connectivity index is 2.73. The highest BCUT2D eigenvalue weighted by atomic mass is 16.5. The average Bonchev–Trinajstić information content (AvgIpc) is 2.64. The normalized spacial score (nSPS) is 13.7. The van der Waals surface area contributed by atoms with Crippen LogP contribution in [0.4, 0.5) is 5.69 Å². The van der Waals surface area contributed by atoms with Gasteiger partial charge in [0.05, 0.1) is 7.11 Å². The molecule has 0 saturated carbocycles. The van der Waals surface area contributed by atoms with E-state index in [0.29, 0.717) is 0 Å². The largest absolute Gasteiger partial charge is 0.496 e. The van der Waals surface area contributed by atoms with Crippen LogP contribution in [0.15, 0.2) is 0 Å². The molecule has 2 nitrogen and oxygen atoms in total. The zero-order valence-electron chi connectivity index (χ0n) is 9.32. The van der Waals surface area contributed by atoms with E-state index in [2.05, 4.69) is 26.1 Å². The molecular weight excluding hydrogens is 174 g/mol. The van der Waals surface area contributed by atoms with E-state index < -0.39 is 0 Å². The van der Waals surface area contributed by atoms with Crippen molar-refractivity contribution in [3.05, 3.63) is 22.3 Å². The number of fused-ring (bicyclic) bond motifs is 1. The topological polar surface area (TPSA) is 21.3 Å². The minimum atomic E-state index is 1.06. The van der Waals surface area contributed by atoms with Crippen molar-refractivity contribution >= 4 is 5.69 Å². The Labute approximate surface area is 85.3 Å². The smallest absolute Gasteiger partial charge is 0.125 e. The van der Waals surface area contributed by atoms with Crippen LogP contribution in [0.3, 0.4) is 0 Å². The maximum absolute atomic E-state index is 5.45. The number of anilines is 1. The van der Waals surface area contributed by atoms with Crippen LogP contribution in [0.1, 0.15) is 22.3 Å². The van der Waals surface area contributed by atoms with E-state index in [-0.39, 0.29) is 0 Å². The fraction of sp³-hybridized carbons (Fsp3) is 0.500. The first-order valence-corrected chi connectivity index (χ1v) is 5.07. The number of hydrogen-bond donors (Lipinski definition) is 1. The molecule has 1 heterocycles. The molecule has 76 valence electrons. The molecule has 1 aliphatic heterocycles. The molecule has 0 fully saturated rings. The summed E-state index contributed by atoms with van der Waals surface area (Å²) >= 11 is 0. The molecule has 1 aromatic rings. The van der Waals surface area contributed by atoms with E-state index in [4.69, 9.17) is 4.74 Å². The summed E-state index contributed by atoms with van der Waals surface area (Å²) in [4.78, 5) is 0. The second-order valence-corrected chi connectivity index (χ2v) is 3.94. The molecule has 0 aromatic heterocycles. The Morgan fingerprint density at radius 1 is 1.07 bits per heavy atom. The summed E-state index contributed by atoms with van der Waals surface area (Å²) in [6.07, 6.45) is 1.12. The number of hydrogen-bond acceptors (Lipinski definition) is 2. The van der Waals surface area contributed by atoms with Crippen LogP contribution in [0.2, 0.25) is 0 Å². The van der Waals surface area contributed by atoms with Gasteiger partial charge in [0.15, 0.2) is 0 Å². The molecule has 2 rings (SSSR count). The average molecular weight is 191 g/mol. The van der Waals surface area contributed by atoms with Gasteiger partial charge in [-0.1, -0.05) is 0 Å². The van der Waals surface area contributed by atoms with Gasteiger partial charge in [0.2, 0.25) is 0 Å². The van der Waals surface area contributed by atoms with Gasteiger partial charge in [-0.3, -0.25) is 0 Å². The van der Waals surface area contributed by atoms with E-state index in [1.165, 1.54) is 27.9 Å². The van der Waals surface area contributed by atoms with Gasteiger partial charge in [-0.15, -0.1) is 0 Å². The number of nitrogens with one attached hydrogen (secondary N) is 1. The molecule has 0 amide bonds. The molecule has 1 aliphatic rings. The summed E-state index contributed by atoms with van der Waals surface area (Å²) in [7, 11) is 1.75. The summed E-state index contributed by atoms with van der Waals surface area (Å²) < 4.78 is 5.45. The summed E-state index contributed by atoms with van der Waals surface area (Å²) in [6, 6.07) is 0. The lowest BCUT2D eigenvalue weighted by Crippen LogP contribution is -1.99. The predicted octanol–water partition coefficient (Wildman–Crippen LogP) is 2.59. The summed E-state index contributed by atoms with van der Waals surface area (Å²) in [5, 5.41) is 3.45. The fourth-order valence-corrected chi connectivity index (χ4v) is 2.36. The van der Waals surface area contributed by atoms with E-state index in [9.17, 15) is 0 Å². The third kappa shape index (κ3) is 1.10. The first kappa shape index (κ1) is 9.38. The number of methoxy groups -OCH3 is 1. The van der Waals surface area contributed by atoms with Crippen LogP contribution in [-0.2, 0) is 6.42 Å². The van der Waals surface area contributed by atoms with Crippen molar-refractivity contribution in [2.45, 2.75) is 27.2 Å². The summed E-state index contributed by atoms with van der Waals surface area (Å²) in [5.41, 5.74) is 6.67. The lowest BCUT2D eigenvalue weighted by Gasteiger charge is -2.16. The van der Waals surface area contributed by atoms with Crippen LogP contribution < -0.4 is 10.1 Å². The lowest BCUT2D eigenvalue weighted by atomic mass is 9.96. The Bertz CT molecular complexity index is 376. The zero-order chi connectivity index (χ0) is 10.3. The van der Waals surface area contributed by atoms with E-state index in [0.717, 1.165) is 18.7 Å². The number of rotatable bonds is 1. The zero-order valence-corrected chi connectivity index (χ0v) is 9.32. The molecule has 0 saturated heterocycles. The third-order valence-electron chi connectivity index (χ3n) is 3.25. The van der Waals surface area contributed by atoms with Crippen LogP contribution in [0, 0.1) is 20.8 Å². The molecule has 0 bridgehead atoms. The second-order valence-electron chi connectivity index (χ2n) is 3.94. The standard InChI is InChI=1S/C12H17NO/c1-7-8(2)12(14-4)9(3)10-5-6-13-11(7)10/h13H,5-6H2,1-4H3. The molecular formula is C12H17NO. The Hall–Kier alpha value is -1.18. The molecule has 0 spiro atoms. The highest BCUT2D eigenvalue weighted by Crippen LogP contribution is 2.38. The van der Waals surface area contributed by atoms with Crippen molar-refractivity contribution in [2.24, 2.45) is 0 Å². The molecule has 1 N–H and O–H groups in total. The number of benzene rings is 1. The molecule has 0 atom stereocenters. The van der Waals surface area contributed by atoms with Gasteiger partial charge in [-0.2, -0.15) is 0 Å². The molecule has 0 aliphatic carbocycles. The Morgan fingerprint density at radius 2 is 1.79 bits per heavy atom. The van der Waals surface area contributed by atoms with Crippen molar-refractivity contribution in [1.82, 2.24) is 0 Å². The van der Waals surface area contributed by atoms with Gasteiger partial charge < -0.3 is 10.1 Å². The molecule has 0 unspecified atom stereocenters. The van der Waals surface area contributed by atoms with Crippen LogP contribution in [0.25, 0.3) is 0 Å². The molecule has 14 heavy (non-hydrogen) atoms. The van der Waals surface area contributed by atoms with E-state index in [1.54, 1.807) is 7.11 Å². The van der Waals surface area contributed by atoms with Gasteiger partial charge in [0.25, 0.3) is 0 Å². The maximum Gasteiger partial charge on any atom is 0.125 e. The highest BCUT2D eigenvalue weighted by Gasteiger charge is 2.20. The molecule has 0 radical (unpaired) electrons. The van der Waals surface area contributed by atoms with Gasteiger partial charge in [-0.05, 0) is 49.4 Å². The Kier molecular flexibility index (Phi) is 2.14. The van der Waals surface area contributed by atoms with Crippen molar-refractivity contribution in [1.29, 1.82) is 0 Å². The van der Waals surface area contributed by atoms with Crippen molar-refractivity contribution in [3.8, 4) is 5.75 Å². The third-order valence-corrected chi connectivity index (χ3v) is 3.25. The molecule has 2 heteroatoms. The minimum absolute atomic E-state index is 1.06. The Morgan fingerprint density at radius 3 is 2.43 bits per heavy atom. The molecule has 1 aromatic carbocycles. The van der Waals surface area contributed by atoms with Crippen molar-refractivity contribution < 1.29 is 4.74 Å². The van der Waals surface area contributed by atoms with E-state index >= 15 is 0 Å². The van der Waals surface area contributed by atoms with Crippen LogP contribution in [0.5, 0.6) is 5.75 Å². The van der Waals surface area contributed by atoms with Gasteiger partial charge in [0, 0.05) is 12.2 Å². The van der Waals surface area contributed by atoms with E-state index in [1.807, 2.05) is 0 Å². The second kappa shape index (κ2) is 3.19. The van der Waals surface area contributed by atoms with Crippen molar-refractivity contribution in [2.75, 3.05) is 19.0 Å². The minimum Gasteiger partial charge on any atom is -0.496 e.